The monoisotopic (exact) mass is 372 g/mol. The maximum atomic E-state index is 12.1. The first-order valence-electron chi connectivity index (χ1n) is 9.59. The molecule has 0 amide bonds. The van der Waals surface area contributed by atoms with E-state index in [0.717, 1.165) is 0 Å². The van der Waals surface area contributed by atoms with Crippen LogP contribution in [0.25, 0.3) is 0 Å². The molecule has 148 valence electrons. The van der Waals surface area contributed by atoms with Gasteiger partial charge in [0, 0.05) is 19.4 Å². The summed E-state index contributed by atoms with van der Waals surface area (Å²) in [5, 5.41) is 0.139. The molecule has 4 nitrogen and oxygen atoms in total. The molecule has 0 bridgehead atoms. The molecule has 1 heterocycles. The predicted molar refractivity (Wildman–Crippen MR) is 105 cm³/mol. The molecule has 2 unspecified atom stereocenters. The molecule has 0 spiro atoms. The summed E-state index contributed by atoms with van der Waals surface area (Å²) in [7, 11) is -0.283. The molecule has 0 aromatic heterocycles. The largest absolute Gasteiger partial charge is 0.413 e. The highest BCUT2D eigenvalue weighted by Crippen LogP contribution is 2.45. The van der Waals surface area contributed by atoms with E-state index in [1.807, 2.05) is 6.92 Å². The average molecular weight is 373 g/mol. The van der Waals surface area contributed by atoms with Gasteiger partial charge in [0.25, 0.3) is 0 Å². The van der Waals surface area contributed by atoms with Crippen molar-refractivity contribution in [1.29, 1.82) is 0 Å². The molecule has 0 aromatic carbocycles. The van der Waals surface area contributed by atoms with Crippen molar-refractivity contribution in [3.05, 3.63) is 0 Å². The molecule has 0 radical (unpaired) electrons. The van der Waals surface area contributed by atoms with Gasteiger partial charge < -0.3 is 13.9 Å². The van der Waals surface area contributed by atoms with E-state index in [1.54, 1.807) is 14.0 Å². The Morgan fingerprint density at radius 3 is 2.12 bits per heavy atom. The van der Waals surface area contributed by atoms with Crippen molar-refractivity contribution in [3.8, 4) is 0 Å². The van der Waals surface area contributed by atoms with E-state index in [9.17, 15) is 4.79 Å². The molecule has 0 saturated carbocycles. The normalized spacial score (nSPS) is 32.7. The van der Waals surface area contributed by atoms with Gasteiger partial charge in [0.2, 0.25) is 0 Å². The quantitative estimate of drug-likeness (QED) is 0.614. The number of hydrogen-bond donors (Lipinski definition) is 0. The van der Waals surface area contributed by atoms with Gasteiger partial charge in [0.15, 0.2) is 14.1 Å². The number of carbonyl (C=O) groups is 1. The fraction of sp³-hybridized carbons (Fsp3) is 0.950. The van der Waals surface area contributed by atoms with Crippen molar-refractivity contribution < 1.29 is 18.7 Å². The Kier molecular flexibility index (Phi) is 7.11. The summed E-state index contributed by atoms with van der Waals surface area (Å²) in [5.41, 5.74) is 0. The van der Waals surface area contributed by atoms with Crippen molar-refractivity contribution in [2.75, 3.05) is 7.11 Å². The molecule has 1 aliphatic rings. The van der Waals surface area contributed by atoms with Crippen molar-refractivity contribution in [3.63, 3.8) is 0 Å². The van der Waals surface area contributed by atoms with Crippen molar-refractivity contribution in [1.82, 2.24) is 0 Å². The van der Waals surface area contributed by atoms with Gasteiger partial charge in [-0.1, -0.05) is 48.5 Å². The Morgan fingerprint density at radius 1 is 1.24 bits per heavy atom. The van der Waals surface area contributed by atoms with Gasteiger partial charge in [-0.15, -0.1) is 0 Å². The smallest absolute Gasteiger partial charge is 0.192 e. The Bertz CT molecular complexity index is 469. The minimum atomic E-state index is -1.93. The fourth-order valence-corrected chi connectivity index (χ4v) is 4.82. The lowest BCUT2D eigenvalue weighted by Gasteiger charge is -2.52. The van der Waals surface area contributed by atoms with Gasteiger partial charge in [-0.2, -0.15) is 0 Å². The second-order valence-corrected chi connectivity index (χ2v) is 14.4. The lowest BCUT2D eigenvalue weighted by Crippen LogP contribution is -2.60. The maximum Gasteiger partial charge on any atom is 0.192 e. The highest BCUT2D eigenvalue weighted by Gasteiger charge is 2.53. The number of Topliss-reactive ketones (excluding diaryl/α,β-unsaturated/α-hetero) is 1. The van der Waals surface area contributed by atoms with Gasteiger partial charge >= 0.3 is 0 Å². The summed E-state index contributed by atoms with van der Waals surface area (Å²) in [6, 6.07) is 0. The van der Waals surface area contributed by atoms with Gasteiger partial charge in [-0.3, -0.25) is 4.79 Å². The minimum absolute atomic E-state index is 0.00488. The zero-order valence-electron chi connectivity index (χ0n) is 18.2. The van der Waals surface area contributed by atoms with E-state index in [0.29, 0.717) is 12.3 Å². The fourth-order valence-electron chi connectivity index (χ4n) is 3.41. The third-order valence-electron chi connectivity index (χ3n) is 6.45. The number of ether oxygens (including phenoxy) is 2. The van der Waals surface area contributed by atoms with E-state index >= 15 is 0 Å². The lowest BCUT2D eigenvalue weighted by molar-refractivity contribution is -0.320. The highest BCUT2D eigenvalue weighted by atomic mass is 28.4. The van der Waals surface area contributed by atoms with Gasteiger partial charge in [0.1, 0.15) is 5.78 Å². The molecular formula is C20H40O4Si. The molecule has 25 heavy (non-hydrogen) atoms. The SMILES string of the molecule is COC1(C(C)C(C)=O)C[C@@H](O[Si](C)(C)C(C)(C)C)[C@H](C)[C@@H](C(C)C)O1. The molecule has 1 aliphatic heterocycles. The summed E-state index contributed by atoms with van der Waals surface area (Å²) in [5.74, 6) is -0.548. The molecule has 0 aliphatic carbocycles. The van der Waals surface area contributed by atoms with Crippen LogP contribution in [0.15, 0.2) is 0 Å². The van der Waals surface area contributed by atoms with E-state index < -0.39 is 14.1 Å². The summed E-state index contributed by atoms with van der Waals surface area (Å²) < 4.78 is 19.1. The lowest BCUT2D eigenvalue weighted by atomic mass is 9.79. The minimum Gasteiger partial charge on any atom is -0.413 e. The Balaban J connectivity index is 3.25. The summed E-state index contributed by atoms with van der Waals surface area (Å²) in [6.45, 7) is 21.4. The average Bonchev–Trinajstić information content (AvgIpc) is 2.46. The van der Waals surface area contributed by atoms with Crippen LogP contribution >= 0.6 is 0 Å². The van der Waals surface area contributed by atoms with E-state index in [-0.39, 0.29) is 34.9 Å². The first kappa shape index (κ1) is 22.8. The van der Waals surface area contributed by atoms with Crippen molar-refractivity contribution in [2.24, 2.45) is 17.8 Å². The van der Waals surface area contributed by atoms with Gasteiger partial charge in [-0.25, -0.2) is 0 Å². The summed E-state index contributed by atoms with van der Waals surface area (Å²) >= 11 is 0. The standard InChI is InChI=1S/C20H40O4Si/c1-13(2)18-14(3)17(24-25(10,11)19(6,7)8)12-20(22-9,23-18)15(4)16(5)21/h13-15,17-18H,12H2,1-11H3/t14-,15?,17+,18+,20?/m0/s1. The molecular weight excluding hydrogens is 332 g/mol. The first-order valence-corrected chi connectivity index (χ1v) is 12.5. The van der Waals surface area contributed by atoms with Gasteiger partial charge in [0.05, 0.1) is 18.1 Å². The van der Waals surface area contributed by atoms with E-state index in [4.69, 9.17) is 13.9 Å². The van der Waals surface area contributed by atoms with Crippen LogP contribution in [-0.4, -0.2) is 39.2 Å². The van der Waals surface area contributed by atoms with Crippen LogP contribution in [0, 0.1) is 17.8 Å². The molecule has 0 aromatic rings. The predicted octanol–water partition coefficient (Wildman–Crippen LogP) is 5.03. The summed E-state index contributed by atoms with van der Waals surface area (Å²) in [6.07, 6.45) is 0.635. The number of rotatable bonds is 6. The molecule has 5 atom stereocenters. The van der Waals surface area contributed by atoms with Crippen LogP contribution in [0.5, 0.6) is 0 Å². The molecule has 1 saturated heterocycles. The number of methoxy groups -OCH3 is 1. The Labute approximate surface area is 156 Å². The second-order valence-electron chi connectivity index (χ2n) is 9.65. The van der Waals surface area contributed by atoms with E-state index in [1.165, 1.54) is 0 Å². The van der Waals surface area contributed by atoms with Crippen LogP contribution < -0.4 is 0 Å². The van der Waals surface area contributed by atoms with Crippen LogP contribution in [-0.2, 0) is 18.7 Å². The molecule has 0 N–H and O–H groups in total. The highest BCUT2D eigenvalue weighted by molar-refractivity contribution is 6.74. The van der Waals surface area contributed by atoms with Crippen LogP contribution in [0.3, 0.4) is 0 Å². The van der Waals surface area contributed by atoms with Crippen LogP contribution in [0.2, 0.25) is 18.1 Å². The molecule has 1 rings (SSSR count). The molecule has 1 fully saturated rings. The Morgan fingerprint density at radius 2 is 1.76 bits per heavy atom. The third kappa shape index (κ3) is 4.73. The zero-order valence-corrected chi connectivity index (χ0v) is 19.2. The first-order chi connectivity index (χ1) is 11.2. The van der Waals surface area contributed by atoms with Crippen LogP contribution in [0.1, 0.15) is 61.8 Å². The van der Waals surface area contributed by atoms with Crippen LogP contribution in [0.4, 0.5) is 0 Å². The topological polar surface area (TPSA) is 44.8 Å². The number of carbonyl (C=O) groups excluding carboxylic acids is 1. The van der Waals surface area contributed by atoms with E-state index in [2.05, 4.69) is 54.6 Å². The number of ketones is 1. The van der Waals surface area contributed by atoms with Crippen molar-refractivity contribution in [2.45, 2.75) is 97.9 Å². The number of hydrogen-bond acceptors (Lipinski definition) is 4. The zero-order chi connectivity index (χ0) is 19.8. The second kappa shape index (κ2) is 7.79. The van der Waals surface area contributed by atoms with Gasteiger partial charge in [-0.05, 0) is 31.0 Å². The molecule has 5 heteroatoms. The maximum absolute atomic E-state index is 12.1. The summed E-state index contributed by atoms with van der Waals surface area (Å²) in [4.78, 5) is 12.1. The van der Waals surface area contributed by atoms with Crippen molar-refractivity contribution >= 4 is 14.1 Å². The third-order valence-corrected chi connectivity index (χ3v) is 11.0. The Hall–Kier alpha value is -0.233.